The minimum atomic E-state index is -0.491. The number of hydrogen-bond donors (Lipinski definition) is 1. The van der Waals surface area contributed by atoms with Crippen molar-refractivity contribution in [2.24, 2.45) is 0 Å². The van der Waals surface area contributed by atoms with E-state index in [1.54, 1.807) is 6.92 Å². The maximum atomic E-state index is 12.1. The third-order valence-electron chi connectivity index (χ3n) is 3.19. The van der Waals surface area contributed by atoms with E-state index in [0.29, 0.717) is 11.3 Å². The van der Waals surface area contributed by atoms with Crippen LogP contribution in [0, 0.1) is 17.0 Å². The van der Waals surface area contributed by atoms with Crippen molar-refractivity contribution in [3.63, 3.8) is 0 Å². The van der Waals surface area contributed by atoms with Crippen LogP contribution in [0.15, 0.2) is 60.3 Å². The number of carbonyl (C=O) groups excluding carboxylic acids is 1. The standard InChI is InChI=1S/C17H16N2O3/c1-12-5-3-4-6-16(12)18-13(2)11-17(20)14-7-9-15(10-8-14)19(21)22/h3-11,18H,1-2H3. The number of nitrogens with one attached hydrogen (secondary N) is 1. The van der Waals surface area contributed by atoms with Crippen LogP contribution >= 0.6 is 0 Å². The second kappa shape index (κ2) is 6.67. The molecule has 0 unspecified atom stereocenters. The van der Waals surface area contributed by atoms with Gasteiger partial charge in [-0.3, -0.25) is 14.9 Å². The molecule has 2 aromatic carbocycles. The van der Waals surface area contributed by atoms with Crippen LogP contribution in [-0.4, -0.2) is 10.7 Å². The molecule has 112 valence electrons. The molecule has 0 bridgehead atoms. The van der Waals surface area contributed by atoms with Crippen molar-refractivity contribution in [3.05, 3.63) is 81.5 Å². The molecule has 2 aromatic rings. The normalized spacial score (nSPS) is 11.1. The van der Waals surface area contributed by atoms with Crippen LogP contribution < -0.4 is 5.32 Å². The van der Waals surface area contributed by atoms with Gasteiger partial charge < -0.3 is 5.32 Å². The number of rotatable bonds is 5. The Balaban J connectivity index is 2.12. The Bertz CT molecular complexity index is 734. The van der Waals surface area contributed by atoms with Gasteiger partial charge in [-0.1, -0.05) is 18.2 Å². The number of anilines is 1. The van der Waals surface area contributed by atoms with Crippen LogP contribution in [0.1, 0.15) is 22.8 Å². The van der Waals surface area contributed by atoms with Gasteiger partial charge in [0.2, 0.25) is 0 Å². The molecular formula is C17H16N2O3. The first-order valence-corrected chi connectivity index (χ1v) is 6.77. The van der Waals surface area contributed by atoms with Gasteiger partial charge in [-0.05, 0) is 37.6 Å². The summed E-state index contributed by atoms with van der Waals surface area (Å²) in [5.41, 5.74) is 3.11. The highest BCUT2D eigenvalue weighted by atomic mass is 16.6. The number of nitrogens with zero attached hydrogens (tertiary/aromatic N) is 1. The SMILES string of the molecule is CC(=CC(=O)c1ccc([N+](=O)[O-])cc1)Nc1ccccc1C. The first-order valence-electron chi connectivity index (χ1n) is 6.77. The Labute approximate surface area is 128 Å². The number of hydrogen-bond acceptors (Lipinski definition) is 4. The highest BCUT2D eigenvalue weighted by molar-refractivity contribution is 6.05. The van der Waals surface area contributed by atoms with Crippen molar-refractivity contribution in [2.45, 2.75) is 13.8 Å². The summed E-state index contributed by atoms with van der Waals surface area (Å²) in [6.45, 7) is 3.78. The highest BCUT2D eigenvalue weighted by Gasteiger charge is 2.08. The lowest BCUT2D eigenvalue weighted by Crippen LogP contribution is -2.02. The molecule has 5 heteroatoms. The number of aryl methyl sites for hydroxylation is 1. The topological polar surface area (TPSA) is 72.2 Å². The fourth-order valence-corrected chi connectivity index (χ4v) is 1.99. The average molecular weight is 296 g/mol. The largest absolute Gasteiger partial charge is 0.359 e. The van der Waals surface area contributed by atoms with Crippen molar-refractivity contribution in [1.82, 2.24) is 0 Å². The van der Waals surface area contributed by atoms with Gasteiger partial charge in [0, 0.05) is 35.2 Å². The molecule has 0 amide bonds. The molecule has 0 aliphatic heterocycles. The van der Waals surface area contributed by atoms with Crippen LogP contribution in [0.5, 0.6) is 0 Å². The third-order valence-corrected chi connectivity index (χ3v) is 3.19. The van der Waals surface area contributed by atoms with Crippen LogP contribution in [0.3, 0.4) is 0 Å². The molecule has 0 saturated carbocycles. The van der Waals surface area contributed by atoms with Gasteiger partial charge in [0.1, 0.15) is 0 Å². The summed E-state index contributed by atoms with van der Waals surface area (Å²) in [5, 5.41) is 13.8. The van der Waals surface area contributed by atoms with Gasteiger partial charge in [-0.2, -0.15) is 0 Å². The zero-order valence-corrected chi connectivity index (χ0v) is 12.4. The molecule has 22 heavy (non-hydrogen) atoms. The molecule has 2 rings (SSSR count). The van der Waals surface area contributed by atoms with E-state index in [0.717, 1.165) is 11.3 Å². The van der Waals surface area contributed by atoms with Crippen molar-refractivity contribution >= 4 is 17.2 Å². The second-order valence-electron chi connectivity index (χ2n) is 4.94. The Morgan fingerprint density at radius 1 is 1.14 bits per heavy atom. The van der Waals surface area contributed by atoms with E-state index in [4.69, 9.17) is 0 Å². The molecule has 0 radical (unpaired) electrons. The fraction of sp³-hybridized carbons (Fsp3) is 0.118. The zero-order valence-electron chi connectivity index (χ0n) is 12.4. The summed E-state index contributed by atoms with van der Waals surface area (Å²) in [4.78, 5) is 22.2. The van der Waals surface area contributed by atoms with Crippen LogP contribution in [-0.2, 0) is 0 Å². The molecule has 0 atom stereocenters. The number of carbonyl (C=O) groups is 1. The summed E-state index contributed by atoms with van der Waals surface area (Å²) >= 11 is 0. The Morgan fingerprint density at radius 2 is 1.77 bits per heavy atom. The Kier molecular flexibility index (Phi) is 4.68. The fourth-order valence-electron chi connectivity index (χ4n) is 1.99. The number of benzene rings is 2. The van der Waals surface area contributed by atoms with Crippen molar-refractivity contribution in [1.29, 1.82) is 0 Å². The Morgan fingerprint density at radius 3 is 2.36 bits per heavy atom. The van der Waals surface area contributed by atoms with Crippen molar-refractivity contribution in [3.8, 4) is 0 Å². The lowest BCUT2D eigenvalue weighted by Gasteiger charge is -2.09. The molecule has 0 saturated heterocycles. The summed E-state index contributed by atoms with van der Waals surface area (Å²) in [5.74, 6) is -0.200. The van der Waals surface area contributed by atoms with Crippen LogP contribution in [0.25, 0.3) is 0 Å². The molecule has 1 N–H and O–H groups in total. The lowest BCUT2D eigenvalue weighted by atomic mass is 10.1. The van der Waals surface area contributed by atoms with E-state index in [-0.39, 0.29) is 11.5 Å². The second-order valence-corrected chi connectivity index (χ2v) is 4.94. The van der Waals surface area contributed by atoms with Crippen molar-refractivity contribution in [2.75, 3.05) is 5.32 Å². The molecule has 0 spiro atoms. The van der Waals surface area contributed by atoms with Crippen LogP contribution in [0.2, 0.25) is 0 Å². The predicted octanol–water partition coefficient (Wildman–Crippen LogP) is 4.10. The highest BCUT2D eigenvalue weighted by Crippen LogP contribution is 2.16. The van der Waals surface area contributed by atoms with Gasteiger partial charge in [-0.25, -0.2) is 0 Å². The monoisotopic (exact) mass is 296 g/mol. The van der Waals surface area contributed by atoms with Gasteiger partial charge in [-0.15, -0.1) is 0 Å². The number of non-ortho nitro benzene ring substituents is 1. The van der Waals surface area contributed by atoms with E-state index >= 15 is 0 Å². The van der Waals surface area contributed by atoms with E-state index in [1.807, 2.05) is 31.2 Å². The van der Waals surface area contributed by atoms with E-state index in [1.165, 1.54) is 30.3 Å². The summed E-state index contributed by atoms with van der Waals surface area (Å²) < 4.78 is 0. The van der Waals surface area contributed by atoms with E-state index in [9.17, 15) is 14.9 Å². The molecule has 0 aromatic heterocycles. The van der Waals surface area contributed by atoms with Crippen LogP contribution in [0.4, 0.5) is 11.4 Å². The molecular weight excluding hydrogens is 280 g/mol. The number of allylic oxidation sites excluding steroid dienone is 2. The minimum Gasteiger partial charge on any atom is -0.359 e. The van der Waals surface area contributed by atoms with E-state index in [2.05, 4.69) is 5.32 Å². The first kappa shape index (κ1) is 15.4. The number of para-hydroxylation sites is 1. The van der Waals surface area contributed by atoms with Gasteiger partial charge in [0.15, 0.2) is 5.78 Å². The lowest BCUT2D eigenvalue weighted by molar-refractivity contribution is -0.384. The van der Waals surface area contributed by atoms with Gasteiger partial charge in [0.25, 0.3) is 5.69 Å². The first-order chi connectivity index (χ1) is 10.5. The quantitative estimate of drug-likeness (QED) is 0.390. The predicted molar refractivity (Wildman–Crippen MR) is 86.0 cm³/mol. The van der Waals surface area contributed by atoms with Crippen molar-refractivity contribution < 1.29 is 9.72 Å². The van der Waals surface area contributed by atoms with E-state index < -0.39 is 4.92 Å². The zero-order chi connectivity index (χ0) is 16.1. The molecule has 0 heterocycles. The third kappa shape index (κ3) is 3.79. The smallest absolute Gasteiger partial charge is 0.269 e. The number of nitro benzene ring substituents is 1. The van der Waals surface area contributed by atoms with Gasteiger partial charge in [0.05, 0.1) is 4.92 Å². The molecule has 0 aliphatic rings. The molecule has 5 nitrogen and oxygen atoms in total. The Hall–Kier alpha value is -2.95. The summed E-state index contributed by atoms with van der Waals surface area (Å²) in [6.07, 6.45) is 1.48. The maximum absolute atomic E-state index is 12.1. The summed E-state index contributed by atoms with van der Waals surface area (Å²) in [7, 11) is 0. The number of ketones is 1. The average Bonchev–Trinajstić information content (AvgIpc) is 2.49. The summed E-state index contributed by atoms with van der Waals surface area (Å²) in [6, 6.07) is 13.3. The minimum absolute atomic E-state index is 0.0321. The molecule has 0 aliphatic carbocycles. The van der Waals surface area contributed by atoms with Gasteiger partial charge >= 0.3 is 0 Å². The molecule has 0 fully saturated rings. The maximum Gasteiger partial charge on any atom is 0.269 e. The number of nitro groups is 1.